The number of carbonyl (C=O) groups excluding carboxylic acids is 1. The smallest absolute Gasteiger partial charge is 0.181 e. The van der Waals surface area contributed by atoms with Crippen LogP contribution in [0.3, 0.4) is 0 Å². The minimum absolute atomic E-state index is 0.397. The number of nitrogens with two attached hydrogens (primary N) is 1. The van der Waals surface area contributed by atoms with Crippen molar-refractivity contribution in [3.8, 4) is 0 Å². The number of hydrogen-bond acceptors (Lipinski definition) is 6. The monoisotopic (exact) mass is 248 g/mol. The van der Waals surface area contributed by atoms with Gasteiger partial charge in [-0.3, -0.25) is 10.2 Å². The fourth-order valence-corrected chi connectivity index (χ4v) is 2.27. The molecule has 0 saturated heterocycles. The lowest BCUT2D eigenvalue weighted by Crippen LogP contribution is -1.99. The summed E-state index contributed by atoms with van der Waals surface area (Å²) in [7, 11) is 0. The van der Waals surface area contributed by atoms with E-state index in [9.17, 15) is 4.79 Å². The van der Waals surface area contributed by atoms with E-state index in [0.29, 0.717) is 17.1 Å². The number of aromatic nitrogens is 1. The fraction of sp³-hybridized carbons (Fsp3) is 0.182. The zero-order chi connectivity index (χ0) is 12.4. The molecule has 2 rings (SSSR count). The molecule has 1 heterocycles. The van der Waals surface area contributed by atoms with Crippen LogP contribution in [0.4, 0.5) is 10.8 Å². The topological polar surface area (TPSA) is 80.4 Å². The Balaban J connectivity index is 2.42. The molecule has 2 aromatic rings. The minimum atomic E-state index is 0.397. The number of rotatable bonds is 3. The van der Waals surface area contributed by atoms with Gasteiger partial charge in [-0.15, -0.1) is 0 Å². The van der Waals surface area contributed by atoms with E-state index < -0.39 is 0 Å². The number of hydrogen-bond donors (Lipinski definition) is 2. The van der Waals surface area contributed by atoms with Gasteiger partial charge in [-0.05, 0) is 31.5 Å². The molecule has 5 nitrogen and oxygen atoms in total. The minimum Gasteiger partial charge on any atom is -0.375 e. The molecule has 0 amide bonds. The molecule has 0 fully saturated rings. The van der Waals surface area contributed by atoms with Gasteiger partial charge in [-0.2, -0.15) is 5.10 Å². The lowest BCUT2D eigenvalue weighted by Gasteiger charge is -2.05. The Bertz CT molecular complexity index is 603. The molecule has 3 N–H and O–H groups in total. The Morgan fingerprint density at radius 3 is 3.06 bits per heavy atom. The van der Waals surface area contributed by atoms with Gasteiger partial charge in [0.2, 0.25) is 0 Å². The van der Waals surface area contributed by atoms with Crippen molar-refractivity contribution in [1.82, 2.24) is 4.98 Å². The summed E-state index contributed by atoms with van der Waals surface area (Å²) in [5.74, 6) is 0. The Labute approximate surface area is 102 Å². The second kappa shape index (κ2) is 4.50. The number of nitrogens with one attached hydrogen (secondary N) is 1. The van der Waals surface area contributed by atoms with Gasteiger partial charge >= 0.3 is 0 Å². The van der Waals surface area contributed by atoms with Crippen molar-refractivity contribution in [1.29, 1.82) is 0 Å². The average molecular weight is 248 g/mol. The SMILES string of the molecule is C/C(C=O)=N\Nc1ccc2nc(N)sc2c1C. The van der Waals surface area contributed by atoms with Gasteiger partial charge in [-0.25, -0.2) is 4.98 Å². The molecule has 0 unspecified atom stereocenters. The lowest BCUT2D eigenvalue weighted by molar-refractivity contribution is -0.102. The van der Waals surface area contributed by atoms with Crippen LogP contribution in [0.2, 0.25) is 0 Å². The predicted octanol–water partition coefficient (Wildman–Crippen LogP) is 2.17. The summed E-state index contributed by atoms with van der Waals surface area (Å²) >= 11 is 1.44. The molecule has 0 spiro atoms. The van der Waals surface area contributed by atoms with E-state index in [0.717, 1.165) is 21.5 Å². The van der Waals surface area contributed by atoms with Crippen molar-refractivity contribution >= 4 is 44.4 Å². The summed E-state index contributed by atoms with van der Waals surface area (Å²) in [6.07, 6.45) is 0.700. The highest BCUT2D eigenvalue weighted by Crippen LogP contribution is 2.31. The highest BCUT2D eigenvalue weighted by Gasteiger charge is 2.07. The molecule has 1 aromatic heterocycles. The van der Waals surface area contributed by atoms with Crippen LogP contribution in [-0.4, -0.2) is 17.0 Å². The largest absolute Gasteiger partial charge is 0.375 e. The number of carbonyl (C=O) groups is 1. The van der Waals surface area contributed by atoms with Crippen LogP contribution >= 0.6 is 11.3 Å². The van der Waals surface area contributed by atoms with Crippen LogP contribution in [0, 0.1) is 6.92 Å². The summed E-state index contributed by atoms with van der Waals surface area (Å²) < 4.78 is 1.03. The molecule has 0 aliphatic carbocycles. The maximum absolute atomic E-state index is 10.4. The van der Waals surface area contributed by atoms with Crippen LogP contribution in [0.1, 0.15) is 12.5 Å². The van der Waals surface area contributed by atoms with Crippen molar-refractivity contribution in [2.45, 2.75) is 13.8 Å². The van der Waals surface area contributed by atoms with E-state index in [-0.39, 0.29) is 0 Å². The van der Waals surface area contributed by atoms with Gasteiger partial charge in [-0.1, -0.05) is 11.3 Å². The van der Waals surface area contributed by atoms with Crippen LogP contribution in [0.25, 0.3) is 10.2 Å². The van der Waals surface area contributed by atoms with Gasteiger partial charge < -0.3 is 5.73 Å². The van der Waals surface area contributed by atoms with E-state index in [2.05, 4.69) is 15.5 Å². The maximum Gasteiger partial charge on any atom is 0.181 e. The highest BCUT2D eigenvalue weighted by atomic mass is 32.1. The summed E-state index contributed by atoms with van der Waals surface area (Å²) in [5, 5.41) is 4.49. The summed E-state index contributed by atoms with van der Waals surface area (Å²) in [6, 6.07) is 3.75. The van der Waals surface area contributed by atoms with Gasteiger partial charge in [0.25, 0.3) is 0 Å². The first-order chi connectivity index (χ1) is 8.11. The predicted molar refractivity (Wildman–Crippen MR) is 71.6 cm³/mol. The molecule has 0 aliphatic heterocycles. The zero-order valence-electron chi connectivity index (χ0n) is 9.52. The number of hydrazone groups is 1. The Hall–Kier alpha value is -1.95. The van der Waals surface area contributed by atoms with Gasteiger partial charge in [0.1, 0.15) is 0 Å². The summed E-state index contributed by atoms with van der Waals surface area (Å²) in [4.78, 5) is 14.6. The first-order valence-corrected chi connectivity index (χ1v) is 5.84. The molecule has 0 atom stereocenters. The van der Waals surface area contributed by atoms with Gasteiger partial charge in [0.15, 0.2) is 11.4 Å². The van der Waals surface area contributed by atoms with E-state index in [4.69, 9.17) is 5.73 Å². The molecule has 0 bridgehead atoms. The Kier molecular flexibility index (Phi) is 3.06. The van der Waals surface area contributed by atoms with Crippen molar-refractivity contribution in [2.24, 2.45) is 5.10 Å². The number of aryl methyl sites for hydroxylation is 1. The second-order valence-electron chi connectivity index (χ2n) is 3.62. The number of thiazole rings is 1. The van der Waals surface area contributed by atoms with E-state index in [1.54, 1.807) is 6.92 Å². The first kappa shape index (κ1) is 11.5. The number of anilines is 2. The molecule has 17 heavy (non-hydrogen) atoms. The molecule has 1 aromatic carbocycles. The van der Waals surface area contributed by atoms with Crippen LogP contribution in [0.15, 0.2) is 17.2 Å². The summed E-state index contributed by atoms with van der Waals surface area (Å²) in [5.41, 5.74) is 11.7. The molecule has 0 saturated carbocycles. The van der Waals surface area contributed by atoms with Crippen molar-refractivity contribution < 1.29 is 4.79 Å². The van der Waals surface area contributed by atoms with Gasteiger partial charge in [0, 0.05) is 0 Å². The first-order valence-electron chi connectivity index (χ1n) is 5.03. The van der Waals surface area contributed by atoms with Crippen LogP contribution in [-0.2, 0) is 4.79 Å². The fourth-order valence-electron chi connectivity index (χ4n) is 1.44. The Morgan fingerprint density at radius 2 is 2.35 bits per heavy atom. The summed E-state index contributed by atoms with van der Waals surface area (Å²) in [6.45, 7) is 3.60. The number of aldehydes is 1. The van der Waals surface area contributed by atoms with Crippen molar-refractivity contribution in [3.63, 3.8) is 0 Å². The molecular formula is C11H12N4OS. The molecule has 88 valence electrons. The van der Waals surface area contributed by atoms with Crippen LogP contribution < -0.4 is 11.2 Å². The Morgan fingerprint density at radius 1 is 1.59 bits per heavy atom. The third-order valence-corrected chi connectivity index (χ3v) is 3.37. The third kappa shape index (κ3) is 2.26. The van der Waals surface area contributed by atoms with Crippen molar-refractivity contribution in [3.05, 3.63) is 17.7 Å². The molecule has 6 heteroatoms. The number of benzene rings is 1. The molecule has 0 radical (unpaired) electrons. The maximum atomic E-state index is 10.4. The third-order valence-electron chi connectivity index (χ3n) is 2.35. The number of nitrogens with zero attached hydrogens (tertiary/aromatic N) is 2. The van der Waals surface area contributed by atoms with E-state index in [1.165, 1.54) is 11.3 Å². The van der Waals surface area contributed by atoms with Crippen LogP contribution in [0.5, 0.6) is 0 Å². The number of fused-ring (bicyclic) bond motifs is 1. The molecular weight excluding hydrogens is 236 g/mol. The molecule has 0 aliphatic rings. The lowest BCUT2D eigenvalue weighted by atomic mass is 10.2. The highest BCUT2D eigenvalue weighted by molar-refractivity contribution is 7.22. The van der Waals surface area contributed by atoms with E-state index in [1.807, 2.05) is 19.1 Å². The quantitative estimate of drug-likeness (QED) is 0.495. The standard InChI is InChI=1S/C11H12N4OS/c1-6(5-16)14-15-8-3-4-9-10(7(8)2)17-11(12)13-9/h3-5,15H,1-2H3,(H2,12,13)/b14-6+. The zero-order valence-corrected chi connectivity index (χ0v) is 10.3. The van der Waals surface area contributed by atoms with Crippen molar-refractivity contribution in [2.75, 3.05) is 11.2 Å². The normalized spacial score (nSPS) is 11.8. The average Bonchev–Trinajstić information content (AvgIpc) is 2.69. The second-order valence-corrected chi connectivity index (χ2v) is 4.65. The van der Waals surface area contributed by atoms with E-state index >= 15 is 0 Å². The van der Waals surface area contributed by atoms with Gasteiger partial charge in [0.05, 0.1) is 21.6 Å². The number of nitrogen functional groups attached to an aromatic ring is 1.